The van der Waals surface area contributed by atoms with E-state index in [2.05, 4.69) is 15.9 Å². The normalized spacial score (nSPS) is 11.7. The van der Waals surface area contributed by atoms with Crippen LogP contribution >= 0.6 is 15.9 Å². The van der Waals surface area contributed by atoms with Crippen molar-refractivity contribution in [2.45, 2.75) is 12.7 Å². The summed E-state index contributed by atoms with van der Waals surface area (Å²) in [6.07, 6.45) is -4.48. The highest BCUT2D eigenvalue weighted by Gasteiger charge is 2.33. The first kappa shape index (κ1) is 11.3. The van der Waals surface area contributed by atoms with Crippen molar-refractivity contribution in [3.8, 4) is 0 Å². The quantitative estimate of drug-likeness (QED) is 0.755. The Kier molecular flexibility index (Phi) is 3.36. The fourth-order valence-electron chi connectivity index (χ4n) is 1.08. The van der Waals surface area contributed by atoms with Gasteiger partial charge in [0.1, 0.15) is 5.69 Å². The Morgan fingerprint density at radius 1 is 1.36 bits per heavy atom. The highest BCUT2D eigenvalue weighted by molar-refractivity contribution is 9.09. The third kappa shape index (κ3) is 2.37. The standard InChI is InChI=1S/C8H7BrF3NO/c9-4-5-13-6(8(10,11)12)2-1-3-7(13)14/h1-3H,4-5H2. The van der Waals surface area contributed by atoms with Gasteiger partial charge < -0.3 is 4.57 Å². The van der Waals surface area contributed by atoms with Gasteiger partial charge in [0.25, 0.3) is 5.56 Å². The second-order valence-corrected chi connectivity index (χ2v) is 3.38. The Labute approximate surface area is 86.5 Å². The fraction of sp³-hybridized carbons (Fsp3) is 0.375. The number of pyridine rings is 1. The molecule has 1 rings (SSSR count). The SMILES string of the molecule is O=c1cccc(C(F)(F)F)n1CCBr. The monoisotopic (exact) mass is 269 g/mol. The van der Waals surface area contributed by atoms with Crippen molar-refractivity contribution in [3.63, 3.8) is 0 Å². The molecule has 1 aromatic heterocycles. The number of halogens is 4. The van der Waals surface area contributed by atoms with Crippen molar-refractivity contribution in [1.29, 1.82) is 0 Å². The average Bonchev–Trinajstić information content (AvgIpc) is 2.07. The van der Waals surface area contributed by atoms with Gasteiger partial charge in [-0.15, -0.1) is 0 Å². The Morgan fingerprint density at radius 2 is 2.00 bits per heavy atom. The summed E-state index contributed by atoms with van der Waals surface area (Å²) in [4.78, 5) is 11.1. The zero-order chi connectivity index (χ0) is 10.8. The van der Waals surface area contributed by atoms with Gasteiger partial charge in [0.05, 0.1) is 0 Å². The van der Waals surface area contributed by atoms with Crippen molar-refractivity contribution >= 4 is 15.9 Å². The molecule has 0 radical (unpaired) electrons. The molecule has 0 spiro atoms. The molecular weight excluding hydrogens is 263 g/mol. The lowest BCUT2D eigenvalue weighted by Gasteiger charge is -2.13. The van der Waals surface area contributed by atoms with E-state index in [9.17, 15) is 18.0 Å². The van der Waals surface area contributed by atoms with Gasteiger partial charge in [0.15, 0.2) is 0 Å². The molecule has 14 heavy (non-hydrogen) atoms. The van der Waals surface area contributed by atoms with E-state index in [1.54, 1.807) is 0 Å². The molecule has 6 heteroatoms. The molecule has 0 amide bonds. The van der Waals surface area contributed by atoms with Gasteiger partial charge in [0, 0.05) is 17.9 Å². The summed E-state index contributed by atoms with van der Waals surface area (Å²) in [5, 5.41) is 0.306. The third-order valence-electron chi connectivity index (χ3n) is 1.65. The van der Waals surface area contributed by atoms with Crippen LogP contribution in [0.1, 0.15) is 5.69 Å². The number of hydrogen-bond acceptors (Lipinski definition) is 1. The number of hydrogen-bond donors (Lipinski definition) is 0. The van der Waals surface area contributed by atoms with Crippen molar-refractivity contribution in [2.24, 2.45) is 0 Å². The maximum absolute atomic E-state index is 12.4. The van der Waals surface area contributed by atoms with Crippen LogP contribution in [0.3, 0.4) is 0 Å². The molecule has 0 bridgehead atoms. The van der Waals surface area contributed by atoms with Crippen LogP contribution in [-0.2, 0) is 12.7 Å². The van der Waals surface area contributed by atoms with Gasteiger partial charge in [-0.05, 0) is 6.07 Å². The summed E-state index contributed by atoms with van der Waals surface area (Å²) in [5.74, 6) is 0. The lowest BCUT2D eigenvalue weighted by Crippen LogP contribution is -2.27. The van der Waals surface area contributed by atoms with E-state index in [1.807, 2.05) is 0 Å². The maximum Gasteiger partial charge on any atom is 0.431 e. The lowest BCUT2D eigenvalue weighted by molar-refractivity contribution is -0.144. The van der Waals surface area contributed by atoms with Crippen LogP contribution in [-0.4, -0.2) is 9.90 Å². The summed E-state index contributed by atoms with van der Waals surface area (Å²) in [6.45, 7) is 0.00845. The van der Waals surface area contributed by atoms with Crippen molar-refractivity contribution in [1.82, 2.24) is 4.57 Å². The lowest BCUT2D eigenvalue weighted by atomic mass is 10.3. The Hall–Kier alpha value is -0.780. The van der Waals surface area contributed by atoms with Gasteiger partial charge in [-0.1, -0.05) is 22.0 Å². The molecule has 0 unspecified atom stereocenters. The predicted octanol–water partition coefficient (Wildman–Crippen LogP) is 2.26. The molecule has 0 aromatic carbocycles. The second-order valence-electron chi connectivity index (χ2n) is 2.59. The number of nitrogens with zero attached hydrogens (tertiary/aromatic N) is 1. The molecule has 1 heterocycles. The summed E-state index contributed by atoms with van der Waals surface area (Å²) in [5.41, 5.74) is -1.55. The minimum Gasteiger partial charge on any atom is -0.304 e. The summed E-state index contributed by atoms with van der Waals surface area (Å²) < 4.78 is 37.8. The number of aromatic nitrogens is 1. The summed E-state index contributed by atoms with van der Waals surface area (Å²) in [7, 11) is 0. The molecular formula is C8H7BrF3NO. The number of rotatable bonds is 2. The van der Waals surface area contributed by atoms with Gasteiger partial charge in [-0.2, -0.15) is 13.2 Å². The minimum atomic E-state index is -4.48. The van der Waals surface area contributed by atoms with Gasteiger partial charge in [-0.25, -0.2) is 0 Å². The van der Waals surface area contributed by atoms with Gasteiger partial charge >= 0.3 is 6.18 Å². The second kappa shape index (κ2) is 4.16. The Balaban J connectivity index is 3.29. The van der Waals surface area contributed by atoms with Crippen LogP contribution in [0, 0.1) is 0 Å². The molecule has 0 atom stereocenters. The zero-order valence-electron chi connectivity index (χ0n) is 7.01. The molecule has 1 aromatic rings. The van der Waals surface area contributed by atoms with Crippen LogP contribution in [0.25, 0.3) is 0 Å². The van der Waals surface area contributed by atoms with Crippen LogP contribution in [0.4, 0.5) is 13.2 Å². The molecule has 0 aliphatic carbocycles. The largest absolute Gasteiger partial charge is 0.431 e. The first-order chi connectivity index (χ1) is 6.46. The molecule has 0 aliphatic heterocycles. The summed E-state index contributed by atoms with van der Waals surface area (Å²) in [6, 6.07) is 3.11. The van der Waals surface area contributed by atoms with E-state index in [0.717, 1.165) is 18.2 Å². The van der Waals surface area contributed by atoms with Crippen molar-refractivity contribution in [3.05, 3.63) is 34.2 Å². The van der Waals surface area contributed by atoms with Crippen molar-refractivity contribution in [2.75, 3.05) is 5.33 Å². The van der Waals surface area contributed by atoms with E-state index in [0.29, 0.717) is 9.90 Å². The average molecular weight is 270 g/mol. The molecule has 2 nitrogen and oxygen atoms in total. The van der Waals surface area contributed by atoms with E-state index in [1.165, 1.54) is 0 Å². The van der Waals surface area contributed by atoms with E-state index >= 15 is 0 Å². The van der Waals surface area contributed by atoms with E-state index in [-0.39, 0.29) is 6.54 Å². The van der Waals surface area contributed by atoms with Gasteiger partial charge in [-0.3, -0.25) is 4.79 Å². The summed E-state index contributed by atoms with van der Waals surface area (Å²) >= 11 is 2.99. The third-order valence-corrected chi connectivity index (χ3v) is 2.00. The molecule has 78 valence electrons. The van der Waals surface area contributed by atoms with Crippen LogP contribution in [0.5, 0.6) is 0 Å². The predicted molar refractivity (Wildman–Crippen MR) is 49.5 cm³/mol. The molecule has 0 saturated heterocycles. The maximum atomic E-state index is 12.4. The molecule has 0 saturated carbocycles. The topological polar surface area (TPSA) is 22.0 Å². The van der Waals surface area contributed by atoms with Crippen LogP contribution in [0.15, 0.2) is 23.0 Å². The minimum absolute atomic E-state index is 0.00845. The smallest absolute Gasteiger partial charge is 0.304 e. The van der Waals surface area contributed by atoms with E-state index in [4.69, 9.17) is 0 Å². The molecule has 0 N–H and O–H groups in total. The first-order valence-corrected chi connectivity index (χ1v) is 4.92. The zero-order valence-corrected chi connectivity index (χ0v) is 8.60. The Bertz CT molecular complexity index is 372. The fourth-order valence-corrected chi connectivity index (χ4v) is 1.44. The first-order valence-electron chi connectivity index (χ1n) is 3.80. The highest BCUT2D eigenvalue weighted by Crippen LogP contribution is 2.27. The number of alkyl halides is 4. The molecule has 0 aliphatic rings. The Morgan fingerprint density at radius 3 is 2.50 bits per heavy atom. The van der Waals surface area contributed by atoms with Gasteiger partial charge in [0.2, 0.25) is 0 Å². The van der Waals surface area contributed by atoms with Crippen LogP contribution < -0.4 is 5.56 Å². The highest BCUT2D eigenvalue weighted by atomic mass is 79.9. The molecule has 0 fully saturated rings. The van der Waals surface area contributed by atoms with Crippen LogP contribution in [0.2, 0.25) is 0 Å². The van der Waals surface area contributed by atoms with E-state index < -0.39 is 17.4 Å². The van der Waals surface area contributed by atoms with Crippen molar-refractivity contribution < 1.29 is 13.2 Å².